The second-order valence-electron chi connectivity index (χ2n) is 3.38. The van der Waals surface area contributed by atoms with Crippen LogP contribution in [-0.4, -0.2) is 19.4 Å². The van der Waals surface area contributed by atoms with Crippen LogP contribution in [0.15, 0.2) is 0 Å². The molecule has 0 N–H and O–H groups in total. The van der Waals surface area contributed by atoms with Gasteiger partial charge in [0.1, 0.15) is 0 Å². The van der Waals surface area contributed by atoms with Gasteiger partial charge in [-0.3, -0.25) is 4.79 Å². The minimum absolute atomic E-state index is 0.334. The van der Waals surface area contributed by atoms with Crippen LogP contribution >= 0.6 is 0 Å². The summed E-state index contributed by atoms with van der Waals surface area (Å²) < 4.78 is 10.2. The van der Waals surface area contributed by atoms with Gasteiger partial charge in [-0.1, -0.05) is 39.5 Å². The number of ether oxygens (including phenoxy) is 2. The Morgan fingerprint density at radius 1 is 1.14 bits per heavy atom. The molecule has 0 aliphatic carbocycles. The third-order valence-electron chi connectivity index (χ3n) is 2.03. The molecule has 3 heteroatoms. The lowest BCUT2D eigenvalue weighted by Gasteiger charge is -2.14. The largest absolute Gasteiger partial charge is 0.438 e. The maximum Gasteiger partial charge on any atom is 0.295 e. The van der Waals surface area contributed by atoms with E-state index < -0.39 is 0 Å². The SMILES string of the molecule is CCCCCCOC(CCC)OC=O. The molecule has 0 radical (unpaired) electrons. The van der Waals surface area contributed by atoms with Crippen LogP contribution in [0.4, 0.5) is 0 Å². The first-order valence-corrected chi connectivity index (χ1v) is 5.55. The molecule has 1 unspecified atom stereocenters. The molecule has 1 atom stereocenters. The fourth-order valence-corrected chi connectivity index (χ4v) is 1.23. The summed E-state index contributed by atoms with van der Waals surface area (Å²) in [7, 11) is 0. The first kappa shape index (κ1) is 13.4. The number of rotatable bonds is 10. The van der Waals surface area contributed by atoms with Crippen molar-refractivity contribution in [2.24, 2.45) is 0 Å². The number of hydrogen-bond acceptors (Lipinski definition) is 3. The summed E-state index contributed by atoms with van der Waals surface area (Å²) in [5.74, 6) is 0. The summed E-state index contributed by atoms with van der Waals surface area (Å²) in [5.41, 5.74) is 0. The van der Waals surface area contributed by atoms with Crippen LogP contribution in [0.3, 0.4) is 0 Å². The average Bonchev–Trinajstić information content (AvgIpc) is 2.18. The van der Waals surface area contributed by atoms with Crippen LogP contribution in [0.5, 0.6) is 0 Å². The Morgan fingerprint density at radius 2 is 1.93 bits per heavy atom. The molecule has 0 aliphatic rings. The topological polar surface area (TPSA) is 35.5 Å². The quantitative estimate of drug-likeness (QED) is 0.310. The van der Waals surface area contributed by atoms with Gasteiger partial charge in [-0.25, -0.2) is 0 Å². The monoisotopic (exact) mass is 202 g/mol. The molecule has 14 heavy (non-hydrogen) atoms. The highest BCUT2D eigenvalue weighted by Crippen LogP contribution is 2.05. The van der Waals surface area contributed by atoms with Gasteiger partial charge in [0.2, 0.25) is 6.29 Å². The molecule has 0 aliphatic heterocycles. The molecule has 0 amide bonds. The molecule has 0 aromatic heterocycles. The van der Waals surface area contributed by atoms with Gasteiger partial charge in [0.05, 0.1) is 6.61 Å². The maximum atomic E-state index is 10.1. The Hall–Kier alpha value is -0.570. The molecule has 0 saturated heterocycles. The smallest absolute Gasteiger partial charge is 0.295 e. The molecule has 84 valence electrons. The molecular weight excluding hydrogens is 180 g/mol. The van der Waals surface area contributed by atoms with E-state index in [9.17, 15) is 4.79 Å². The Bertz CT molecular complexity index is 126. The van der Waals surface area contributed by atoms with Crippen molar-refractivity contribution in [2.45, 2.75) is 58.7 Å². The lowest BCUT2D eigenvalue weighted by atomic mass is 10.2. The van der Waals surface area contributed by atoms with Gasteiger partial charge >= 0.3 is 0 Å². The van der Waals surface area contributed by atoms with Crippen LogP contribution < -0.4 is 0 Å². The minimum Gasteiger partial charge on any atom is -0.438 e. The summed E-state index contributed by atoms with van der Waals surface area (Å²) in [4.78, 5) is 10.1. The van der Waals surface area contributed by atoms with E-state index in [1.165, 1.54) is 19.3 Å². The van der Waals surface area contributed by atoms with Crippen LogP contribution in [0, 0.1) is 0 Å². The first-order valence-electron chi connectivity index (χ1n) is 5.55. The van der Waals surface area contributed by atoms with E-state index in [1.54, 1.807) is 0 Å². The van der Waals surface area contributed by atoms with E-state index in [2.05, 4.69) is 6.92 Å². The number of carbonyl (C=O) groups excluding carboxylic acids is 1. The Morgan fingerprint density at radius 3 is 2.50 bits per heavy atom. The molecular formula is C11H22O3. The highest BCUT2D eigenvalue weighted by Gasteiger charge is 2.06. The van der Waals surface area contributed by atoms with Crippen LogP contribution in [-0.2, 0) is 14.3 Å². The lowest BCUT2D eigenvalue weighted by molar-refractivity contribution is -0.165. The normalized spacial score (nSPS) is 12.4. The fourth-order valence-electron chi connectivity index (χ4n) is 1.23. The van der Waals surface area contributed by atoms with Gasteiger partial charge in [-0.05, 0) is 6.42 Å². The highest BCUT2D eigenvalue weighted by molar-refractivity contribution is 5.37. The predicted molar refractivity (Wildman–Crippen MR) is 55.9 cm³/mol. The first-order chi connectivity index (χ1) is 6.85. The van der Waals surface area contributed by atoms with Gasteiger partial charge in [0, 0.05) is 6.42 Å². The van der Waals surface area contributed by atoms with Crippen molar-refractivity contribution in [1.29, 1.82) is 0 Å². The minimum atomic E-state index is -0.334. The van der Waals surface area contributed by atoms with E-state index in [-0.39, 0.29) is 6.29 Å². The molecule has 0 aromatic carbocycles. The average molecular weight is 202 g/mol. The highest BCUT2D eigenvalue weighted by atomic mass is 16.7. The third-order valence-corrected chi connectivity index (χ3v) is 2.03. The second kappa shape index (κ2) is 10.5. The lowest BCUT2D eigenvalue weighted by Crippen LogP contribution is -2.17. The zero-order chi connectivity index (χ0) is 10.6. The summed E-state index contributed by atoms with van der Waals surface area (Å²) in [6.07, 6.45) is 6.13. The van der Waals surface area contributed by atoms with Gasteiger partial charge in [-0.2, -0.15) is 0 Å². The molecule has 0 spiro atoms. The van der Waals surface area contributed by atoms with Crippen molar-refractivity contribution in [3.05, 3.63) is 0 Å². The van der Waals surface area contributed by atoms with Crippen LogP contribution in [0.2, 0.25) is 0 Å². The third kappa shape index (κ3) is 8.05. The molecule has 0 heterocycles. The maximum absolute atomic E-state index is 10.1. The van der Waals surface area contributed by atoms with Gasteiger partial charge in [0.15, 0.2) is 0 Å². The summed E-state index contributed by atoms with van der Waals surface area (Å²) in [5, 5.41) is 0. The van der Waals surface area contributed by atoms with E-state index in [0.29, 0.717) is 13.1 Å². The standard InChI is InChI=1S/C11H22O3/c1-3-5-6-7-9-13-11(8-4-2)14-10-12/h10-11H,3-9H2,1-2H3. The molecule has 0 saturated carbocycles. The van der Waals surface area contributed by atoms with Crippen molar-refractivity contribution < 1.29 is 14.3 Å². The van der Waals surface area contributed by atoms with Crippen LogP contribution in [0.1, 0.15) is 52.4 Å². The Balaban J connectivity index is 3.35. The van der Waals surface area contributed by atoms with Gasteiger partial charge in [-0.15, -0.1) is 0 Å². The molecule has 0 fully saturated rings. The van der Waals surface area contributed by atoms with Crippen molar-refractivity contribution in [3.8, 4) is 0 Å². The van der Waals surface area contributed by atoms with Crippen molar-refractivity contribution in [3.63, 3.8) is 0 Å². The zero-order valence-corrected chi connectivity index (χ0v) is 9.33. The van der Waals surface area contributed by atoms with E-state index in [1.807, 2.05) is 6.92 Å². The molecule has 3 nitrogen and oxygen atoms in total. The molecule has 0 bridgehead atoms. The Kier molecular flexibility index (Phi) is 10.1. The van der Waals surface area contributed by atoms with Crippen molar-refractivity contribution in [1.82, 2.24) is 0 Å². The van der Waals surface area contributed by atoms with E-state index >= 15 is 0 Å². The van der Waals surface area contributed by atoms with E-state index in [0.717, 1.165) is 19.3 Å². The molecule has 0 aromatic rings. The zero-order valence-electron chi connectivity index (χ0n) is 9.33. The second-order valence-corrected chi connectivity index (χ2v) is 3.38. The predicted octanol–water partition coefficient (Wildman–Crippen LogP) is 2.88. The number of unbranched alkanes of at least 4 members (excludes halogenated alkanes) is 3. The van der Waals surface area contributed by atoms with Crippen LogP contribution in [0.25, 0.3) is 0 Å². The van der Waals surface area contributed by atoms with E-state index in [4.69, 9.17) is 9.47 Å². The molecule has 0 rings (SSSR count). The summed E-state index contributed by atoms with van der Waals surface area (Å²) >= 11 is 0. The van der Waals surface area contributed by atoms with Crippen molar-refractivity contribution >= 4 is 6.47 Å². The number of hydrogen-bond donors (Lipinski definition) is 0. The van der Waals surface area contributed by atoms with Gasteiger partial charge in [0.25, 0.3) is 6.47 Å². The summed E-state index contributed by atoms with van der Waals surface area (Å²) in [6.45, 7) is 5.38. The fraction of sp³-hybridized carbons (Fsp3) is 0.909. The summed E-state index contributed by atoms with van der Waals surface area (Å²) in [6, 6.07) is 0. The van der Waals surface area contributed by atoms with Gasteiger partial charge < -0.3 is 9.47 Å². The number of carbonyl (C=O) groups is 1. The Labute approximate surface area is 86.8 Å². The van der Waals surface area contributed by atoms with Crippen molar-refractivity contribution in [2.75, 3.05) is 6.61 Å².